The number of nitrogens with zero attached hydrogens (tertiary/aromatic N) is 5. The van der Waals surface area contributed by atoms with Gasteiger partial charge in [0.05, 0.1) is 22.6 Å². The van der Waals surface area contributed by atoms with Crippen molar-refractivity contribution in [2.45, 2.75) is 37.3 Å². The number of aromatic nitrogens is 2. The summed E-state index contributed by atoms with van der Waals surface area (Å²) in [5.74, 6) is -2.30. The van der Waals surface area contributed by atoms with E-state index in [4.69, 9.17) is 4.74 Å². The Morgan fingerprint density at radius 3 is 2.27 bits per heavy atom. The quantitative estimate of drug-likeness (QED) is 0.288. The summed E-state index contributed by atoms with van der Waals surface area (Å²) in [6.45, 7) is 0.490. The molecule has 0 bridgehead atoms. The molecule has 2 atom stereocenters. The average molecular weight is 594 g/mol. The molecule has 218 valence electrons. The number of non-ortho nitro benzene ring substituents is 1. The van der Waals surface area contributed by atoms with Gasteiger partial charge in [-0.2, -0.15) is 14.1 Å². The molecule has 1 saturated heterocycles. The number of anilines is 1. The molecule has 2 heterocycles. The highest BCUT2D eigenvalue weighted by atomic mass is 32.2. The first-order valence-electron chi connectivity index (χ1n) is 12.9. The van der Waals surface area contributed by atoms with Gasteiger partial charge in [0, 0.05) is 50.8 Å². The standard InChI is InChI=1S/C26H26F3N5O6S/c27-18-3-6-23(14-18)40-25-24(15-30-33(26(25)35)22-12-19(28)11-20(29)13-22)31-7-9-32(10-8-31)41(38,39)16-17-1-4-21(5-2-17)34(36)37/h1-2,4-5,11-13,15,18,23H,3,6-10,14,16H2. The van der Waals surface area contributed by atoms with Crippen LogP contribution in [0.25, 0.3) is 5.69 Å². The average Bonchev–Trinajstić information content (AvgIpc) is 3.34. The predicted molar refractivity (Wildman–Crippen MR) is 142 cm³/mol. The Hall–Kier alpha value is -3.98. The lowest BCUT2D eigenvalue weighted by atomic mass is 10.2. The highest BCUT2D eigenvalue weighted by molar-refractivity contribution is 7.88. The van der Waals surface area contributed by atoms with Crippen LogP contribution in [0, 0.1) is 21.7 Å². The molecule has 1 aliphatic heterocycles. The number of hydrogen-bond donors (Lipinski definition) is 0. The normalized spacial score (nSPS) is 19.8. The van der Waals surface area contributed by atoms with Crippen LogP contribution in [0.3, 0.4) is 0 Å². The number of nitro benzene ring substituents is 1. The molecule has 3 aromatic rings. The zero-order valence-corrected chi connectivity index (χ0v) is 22.5. The number of halogens is 3. The van der Waals surface area contributed by atoms with Crippen molar-refractivity contribution in [3.63, 3.8) is 0 Å². The maximum atomic E-state index is 13.9. The lowest BCUT2D eigenvalue weighted by molar-refractivity contribution is -0.384. The Balaban J connectivity index is 1.37. The van der Waals surface area contributed by atoms with Crippen molar-refractivity contribution in [2.24, 2.45) is 0 Å². The summed E-state index contributed by atoms with van der Waals surface area (Å²) in [5.41, 5.74) is -0.421. The molecule has 41 heavy (non-hydrogen) atoms. The van der Waals surface area contributed by atoms with Gasteiger partial charge in [0.25, 0.3) is 5.69 Å². The van der Waals surface area contributed by atoms with Gasteiger partial charge in [-0.25, -0.2) is 21.6 Å². The lowest BCUT2D eigenvalue weighted by Gasteiger charge is -2.36. The summed E-state index contributed by atoms with van der Waals surface area (Å²) in [4.78, 5) is 25.5. The number of hydrogen-bond acceptors (Lipinski definition) is 8. The van der Waals surface area contributed by atoms with Crippen molar-refractivity contribution in [1.29, 1.82) is 0 Å². The Morgan fingerprint density at radius 2 is 1.68 bits per heavy atom. The van der Waals surface area contributed by atoms with Gasteiger partial charge in [0.2, 0.25) is 15.8 Å². The summed E-state index contributed by atoms with van der Waals surface area (Å²) < 4.78 is 75.7. The molecular weight excluding hydrogens is 567 g/mol. The Morgan fingerprint density at radius 1 is 1.02 bits per heavy atom. The molecule has 1 aliphatic carbocycles. The van der Waals surface area contributed by atoms with Gasteiger partial charge in [-0.1, -0.05) is 12.1 Å². The second-order valence-electron chi connectivity index (χ2n) is 9.92. The summed E-state index contributed by atoms with van der Waals surface area (Å²) in [7, 11) is -3.76. The number of rotatable bonds is 8. The maximum absolute atomic E-state index is 13.9. The van der Waals surface area contributed by atoms with E-state index >= 15 is 0 Å². The molecule has 0 spiro atoms. The van der Waals surface area contributed by atoms with Crippen LogP contribution < -0.4 is 15.2 Å². The fourth-order valence-electron chi connectivity index (χ4n) is 5.00. The first-order valence-corrected chi connectivity index (χ1v) is 14.5. The fraction of sp³-hybridized carbons (Fsp3) is 0.385. The molecule has 0 radical (unpaired) electrons. The van der Waals surface area contributed by atoms with Crippen molar-refractivity contribution < 1.29 is 31.2 Å². The molecule has 2 unspecified atom stereocenters. The fourth-order valence-corrected chi connectivity index (χ4v) is 6.51. The monoisotopic (exact) mass is 593 g/mol. The van der Waals surface area contributed by atoms with E-state index in [-0.39, 0.29) is 67.6 Å². The number of piperazine rings is 1. The van der Waals surface area contributed by atoms with Gasteiger partial charge in [-0.15, -0.1) is 0 Å². The van der Waals surface area contributed by atoms with Gasteiger partial charge in [0.15, 0.2) is 0 Å². The highest BCUT2D eigenvalue weighted by Gasteiger charge is 2.32. The first-order chi connectivity index (χ1) is 19.5. The van der Waals surface area contributed by atoms with Gasteiger partial charge in [-0.05, 0) is 30.5 Å². The molecule has 2 aromatic carbocycles. The van der Waals surface area contributed by atoms with Crippen molar-refractivity contribution >= 4 is 21.4 Å². The van der Waals surface area contributed by atoms with E-state index in [9.17, 15) is 36.5 Å². The maximum Gasteiger partial charge on any atom is 0.316 e. The van der Waals surface area contributed by atoms with E-state index in [1.807, 2.05) is 0 Å². The highest BCUT2D eigenvalue weighted by Crippen LogP contribution is 2.31. The molecule has 11 nitrogen and oxygen atoms in total. The third-order valence-electron chi connectivity index (χ3n) is 7.08. The van der Waals surface area contributed by atoms with Crippen molar-refractivity contribution in [3.05, 3.63) is 86.3 Å². The van der Waals surface area contributed by atoms with Crippen LogP contribution in [0.1, 0.15) is 24.8 Å². The Kier molecular flexibility index (Phi) is 8.00. The van der Waals surface area contributed by atoms with Crippen LogP contribution in [0.15, 0.2) is 53.5 Å². The van der Waals surface area contributed by atoms with Crippen molar-refractivity contribution in [3.8, 4) is 11.4 Å². The van der Waals surface area contributed by atoms with Crippen LogP contribution in [-0.4, -0.2) is 65.9 Å². The molecule has 2 aliphatic rings. The molecule has 0 amide bonds. The van der Waals surface area contributed by atoms with Gasteiger partial charge in [-0.3, -0.25) is 14.9 Å². The van der Waals surface area contributed by atoms with E-state index in [0.717, 1.165) is 16.8 Å². The van der Waals surface area contributed by atoms with Crippen molar-refractivity contribution in [1.82, 2.24) is 14.1 Å². The van der Waals surface area contributed by atoms with E-state index < -0.39 is 44.4 Å². The smallest absolute Gasteiger partial charge is 0.316 e. The molecule has 5 rings (SSSR count). The minimum atomic E-state index is -3.76. The van der Waals surface area contributed by atoms with Crippen LogP contribution in [-0.2, 0) is 15.8 Å². The Labute approximate surface area is 233 Å². The third kappa shape index (κ3) is 6.35. The van der Waals surface area contributed by atoms with Crippen LogP contribution in [0.5, 0.6) is 5.75 Å². The van der Waals surface area contributed by atoms with E-state index in [1.165, 1.54) is 34.8 Å². The number of ether oxygens (including phenoxy) is 1. The zero-order valence-electron chi connectivity index (χ0n) is 21.7. The summed E-state index contributed by atoms with van der Waals surface area (Å²) in [5, 5.41) is 15.0. The number of benzene rings is 2. The summed E-state index contributed by atoms with van der Waals surface area (Å²) in [6, 6.07) is 7.83. The minimum Gasteiger partial charge on any atom is -0.483 e. The summed E-state index contributed by atoms with van der Waals surface area (Å²) >= 11 is 0. The SMILES string of the molecule is O=c1c(OC2CCC(F)C2)c(N2CCN(S(=O)(=O)Cc3ccc([N+](=O)[O-])cc3)CC2)cnn1-c1cc(F)cc(F)c1. The minimum absolute atomic E-state index is 0.0724. The zero-order chi connectivity index (χ0) is 29.3. The van der Waals surface area contributed by atoms with Crippen LogP contribution >= 0.6 is 0 Å². The molecular formula is C26H26F3N5O6S. The third-order valence-corrected chi connectivity index (χ3v) is 8.93. The number of alkyl halides is 1. The Bertz CT molecular complexity index is 1590. The van der Waals surface area contributed by atoms with Gasteiger partial charge >= 0.3 is 5.56 Å². The van der Waals surface area contributed by atoms with Crippen LogP contribution in [0.4, 0.5) is 24.5 Å². The molecule has 2 fully saturated rings. The molecule has 1 aromatic heterocycles. The number of nitro groups is 1. The van der Waals surface area contributed by atoms with Gasteiger partial charge in [0.1, 0.15) is 29.6 Å². The van der Waals surface area contributed by atoms with Gasteiger partial charge < -0.3 is 9.64 Å². The molecule has 1 saturated carbocycles. The van der Waals surface area contributed by atoms with Crippen molar-refractivity contribution in [2.75, 3.05) is 31.1 Å². The second kappa shape index (κ2) is 11.5. The topological polar surface area (TPSA) is 128 Å². The van der Waals surface area contributed by atoms with E-state index in [2.05, 4.69) is 5.10 Å². The lowest BCUT2D eigenvalue weighted by Crippen LogP contribution is -2.49. The van der Waals surface area contributed by atoms with E-state index in [0.29, 0.717) is 18.1 Å². The molecule has 15 heteroatoms. The summed E-state index contributed by atoms with van der Waals surface area (Å²) in [6.07, 6.45) is 0.396. The van der Waals surface area contributed by atoms with E-state index in [1.54, 1.807) is 4.90 Å². The second-order valence-corrected chi connectivity index (χ2v) is 11.9. The first kappa shape index (κ1) is 28.5. The largest absolute Gasteiger partial charge is 0.483 e. The predicted octanol–water partition coefficient (Wildman–Crippen LogP) is 3.34. The molecule has 0 N–H and O–H groups in total. The van der Waals surface area contributed by atoms with Crippen LogP contribution in [0.2, 0.25) is 0 Å². The number of sulfonamides is 1.